The van der Waals surface area contributed by atoms with E-state index in [4.69, 9.17) is 5.11 Å². The Morgan fingerprint density at radius 3 is 2.76 bits per heavy atom. The summed E-state index contributed by atoms with van der Waals surface area (Å²) in [4.78, 5) is 24.2. The molecule has 0 aromatic carbocycles. The van der Waals surface area contributed by atoms with Crippen molar-refractivity contribution in [3.8, 4) is 0 Å². The molecular formula is C10H13N3O4. The summed E-state index contributed by atoms with van der Waals surface area (Å²) in [7, 11) is 1.67. The Hall–Kier alpha value is -1.89. The van der Waals surface area contributed by atoms with Crippen molar-refractivity contribution in [2.45, 2.75) is 18.6 Å². The van der Waals surface area contributed by atoms with Gasteiger partial charge in [-0.2, -0.15) is 5.10 Å². The second-order valence-electron chi connectivity index (χ2n) is 4.10. The SMILES string of the molecule is Cn1cc(C(=O)N2C[C@@H](O)C[C@H]2C(=O)O)cn1. The van der Waals surface area contributed by atoms with Crippen LogP contribution in [-0.2, 0) is 11.8 Å². The third kappa shape index (κ3) is 2.14. The van der Waals surface area contributed by atoms with Gasteiger partial charge in [0.25, 0.3) is 5.91 Å². The first-order valence-corrected chi connectivity index (χ1v) is 5.19. The van der Waals surface area contributed by atoms with Crippen molar-refractivity contribution >= 4 is 11.9 Å². The predicted octanol–water partition coefficient (Wildman–Crippen LogP) is -0.920. The zero-order valence-electron chi connectivity index (χ0n) is 9.28. The number of carbonyl (C=O) groups excluding carboxylic acids is 1. The summed E-state index contributed by atoms with van der Waals surface area (Å²) < 4.78 is 1.47. The maximum absolute atomic E-state index is 12.0. The van der Waals surface area contributed by atoms with Crippen LogP contribution in [0.25, 0.3) is 0 Å². The van der Waals surface area contributed by atoms with Crippen LogP contribution in [-0.4, -0.2) is 55.5 Å². The molecule has 7 heteroatoms. The number of β-amino-alcohol motifs (C(OH)–C–C–N with tert-alkyl or cyclic N) is 1. The number of nitrogens with zero attached hydrogens (tertiary/aromatic N) is 3. The van der Waals surface area contributed by atoms with Gasteiger partial charge in [-0.15, -0.1) is 0 Å². The molecule has 0 bridgehead atoms. The van der Waals surface area contributed by atoms with E-state index < -0.39 is 24.0 Å². The standard InChI is InChI=1S/C10H13N3O4/c1-12-4-6(3-11-12)9(15)13-5-7(14)2-8(13)10(16)17/h3-4,7-8,14H,2,5H2,1H3,(H,16,17)/t7-,8-/m0/s1. The smallest absolute Gasteiger partial charge is 0.326 e. The Kier molecular flexibility index (Phi) is 2.84. The Balaban J connectivity index is 2.21. The number of carboxylic acids is 1. The fourth-order valence-electron chi connectivity index (χ4n) is 1.97. The van der Waals surface area contributed by atoms with E-state index in [0.717, 1.165) is 0 Å². The van der Waals surface area contributed by atoms with Gasteiger partial charge in [-0.25, -0.2) is 4.79 Å². The normalized spacial score (nSPS) is 24.0. The Morgan fingerprint density at radius 1 is 1.53 bits per heavy atom. The molecule has 1 aromatic rings. The van der Waals surface area contributed by atoms with Crippen LogP contribution in [0.15, 0.2) is 12.4 Å². The highest BCUT2D eigenvalue weighted by Crippen LogP contribution is 2.20. The molecule has 7 nitrogen and oxygen atoms in total. The van der Waals surface area contributed by atoms with Gasteiger partial charge >= 0.3 is 5.97 Å². The lowest BCUT2D eigenvalue weighted by Crippen LogP contribution is -2.40. The van der Waals surface area contributed by atoms with E-state index in [-0.39, 0.29) is 13.0 Å². The number of amides is 1. The molecule has 1 saturated heterocycles. The quantitative estimate of drug-likeness (QED) is 0.696. The average Bonchev–Trinajstić information content (AvgIpc) is 2.83. The minimum atomic E-state index is -1.10. The molecule has 2 N–H and O–H groups in total. The van der Waals surface area contributed by atoms with Crippen molar-refractivity contribution in [1.29, 1.82) is 0 Å². The Labute approximate surface area is 97.3 Å². The molecule has 17 heavy (non-hydrogen) atoms. The molecule has 1 aliphatic rings. The molecule has 0 spiro atoms. The number of aliphatic hydroxyl groups is 1. The first-order chi connectivity index (χ1) is 7.99. The highest BCUT2D eigenvalue weighted by molar-refractivity contribution is 5.96. The molecule has 0 saturated carbocycles. The zero-order chi connectivity index (χ0) is 12.6. The molecule has 0 aliphatic carbocycles. The van der Waals surface area contributed by atoms with Crippen LogP contribution in [0.4, 0.5) is 0 Å². The number of carbonyl (C=O) groups is 2. The third-order valence-electron chi connectivity index (χ3n) is 2.78. The molecule has 0 radical (unpaired) electrons. The van der Waals surface area contributed by atoms with Crippen LogP contribution < -0.4 is 0 Å². The number of aromatic nitrogens is 2. The summed E-state index contributed by atoms with van der Waals surface area (Å²) >= 11 is 0. The predicted molar refractivity (Wildman–Crippen MR) is 56.3 cm³/mol. The van der Waals surface area contributed by atoms with Gasteiger partial charge in [0.1, 0.15) is 6.04 Å². The average molecular weight is 239 g/mol. The van der Waals surface area contributed by atoms with Gasteiger partial charge in [-0.1, -0.05) is 0 Å². The lowest BCUT2D eigenvalue weighted by Gasteiger charge is -2.20. The van der Waals surface area contributed by atoms with Gasteiger partial charge < -0.3 is 15.1 Å². The monoisotopic (exact) mass is 239 g/mol. The maximum Gasteiger partial charge on any atom is 0.326 e. The van der Waals surface area contributed by atoms with Gasteiger partial charge in [0, 0.05) is 26.2 Å². The van der Waals surface area contributed by atoms with Crippen molar-refractivity contribution in [3.05, 3.63) is 18.0 Å². The minimum absolute atomic E-state index is 0.0463. The molecule has 0 unspecified atom stereocenters. The first kappa shape index (κ1) is 11.6. The fourth-order valence-corrected chi connectivity index (χ4v) is 1.97. The Morgan fingerprint density at radius 2 is 2.24 bits per heavy atom. The van der Waals surface area contributed by atoms with Crippen molar-refractivity contribution < 1.29 is 19.8 Å². The minimum Gasteiger partial charge on any atom is -0.480 e. The van der Waals surface area contributed by atoms with E-state index in [1.165, 1.54) is 22.0 Å². The molecule has 1 aromatic heterocycles. The summed E-state index contributed by atoms with van der Waals surface area (Å²) in [6, 6.07) is -0.960. The first-order valence-electron chi connectivity index (χ1n) is 5.19. The van der Waals surface area contributed by atoms with Crippen molar-refractivity contribution in [2.75, 3.05) is 6.54 Å². The third-order valence-corrected chi connectivity index (χ3v) is 2.78. The number of hydrogen-bond acceptors (Lipinski definition) is 4. The second kappa shape index (κ2) is 4.17. The Bertz CT molecular complexity index is 456. The van der Waals surface area contributed by atoms with Crippen LogP contribution in [0.5, 0.6) is 0 Å². The number of carboxylic acid groups (broad SMARTS) is 1. The van der Waals surface area contributed by atoms with Gasteiger partial charge in [0.05, 0.1) is 17.9 Å². The number of aliphatic carboxylic acids is 1. The highest BCUT2D eigenvalue weighted by Gasteiger charge is 2.39. The molecule has 92 valence electrons. The number of likely N-dealkylation sites (tertiary alicyclic amines) is 1. The van der Waals surface area contributed by atoms with E-state index in [9.17, 15) is 14.7 Å². The van der Waals surface area contributed by atoms with Crippen LogP contribution in [0.3, 0.4) is 0 Å². The fraction of sp³-hybridized carbons (Fsp3) is 0.500. The van der Waals surface area contributed by atoms with Crippen LogP contribution >= 0.6 is 0 Å². The van der Waals surface area contributed by atoms with E-state index in [0.29, 0.717) is 5.56 Å². The lowest BCUT2D eigenvalue weighted by atomic mass is 10.2. The van der Waals surface area contributed by atoms with E-state index >= 15 is 0 Å². The summed E-state index contributed by atoms with van der Waals surface area (Å²) in [5.41, 5.74) is 0.327. The summed E-state index contributed by atoms with van der Waals surface area (Å²) in [5, 5.41) is 22.3. The molecule has 2 rings (SSSR count). The van der Waals surface area contributed by atoms with Crippen LogP contribution in [0.2, 0.25) is 0 Å². The van der Waals surface area contributed by atoms with Crippen molar-refractivity contribution in [1.82, 2.24) is 14.7 Å². The molecule has 1 aliphatic heterocycles. The summed E-state index contributed by atoms with van der Waals surface area (Å²) in [6.07, 6.45) is 2.19. The number of hydrogen-bond donors (Lipinski definition) is 2. The molecule has 2 atom stereocenters. The molecular weight excluding hydrogens is 226 g/mol. The van der Waals surface area contributed by atoms with Crippen LogP contribution in [0, 0.1) is 0 Å². The summed E-state index contributed by atoms with van der Waals surface area (Å²) in [6.45, 7) is 0.0463. The topological polar surface area (TPSA) is 95.7 Å². The molecule has 1 fully saturated rings. The van der Waals surface area contributed by atoms with Crippen molar-refractivity contribution in [3.63, 3.8) is 0 Å². The van der Waals surface area contributed by atoms with Gasteiger partial charge in [-0.3, -0.25) is 9.48 Å². The van der Waals surface area contributed by atoms with Gasteiger partial charge in [0.2, 0.25) is 0 Å². The van der Waals surface area contributed by atoms with E-state index in [1.54, 1.807) is 7.05 Å². The molecule has 2 heterocycles. The highest BCUT2D eigenvalue weighted by atomic mass is 16.4. The van der Waals surface area contributed by atoms with Crippen molar-refractivity contribution in [2.24, 2.45) is 7.05 Å². The lowest BCUT2D eigenvalue weighted by molar-refractivity contribution is -0.141. The second-order valence-corrected chi connectivity index (χ2v) is 4.10. The van der Waals surface area contributed by atoms with Crippen LogP contribution in [0.1, 0.15) is 16.8 Å². The zero-order valence-corrected chi connectivity index (χ0v) is 9.28. The number of rotatable bonds is 2. The van der Waals surface area contributed by atoms with E-state index in [1.807, 2.05) is 0 Å². The largest absolute Gasteiger partial charge is 0.480 e. The number of aliphatic hydroxyl groups excluding tert-OH is 1. The van der Waals surface area contributed by atoms with Gasteiger partial charge in [-0.05, 0) is 0 Å². The van der Waals surface area contributed by atoms with Gasteiger partial charge in [0.15, 0.2) is 0 Å². The maximum atomic E-state index is 12.0. The number of aryl methyl sites for hydroxylation is 1. The van der Waals surface area contributed by atoms with E-state index in [2.05, 4.69) is 5.10 Å². The summed E-state index contributed by atoms with van der Waals surface area (Å²) in [5.74, 6) is -1.51. The molecule has 1 amide bonds.